The number of amides is 2. The lowest BCUT2D eigenvalue weighted by molar-refractivity contribution is -0.147. The summed E-state index contributed by atoms with van der Waals surface area (Å²) in [7, 11) is 3.20. The number of rotatable bonds is 10. The summed E-state index contributed by atoms with van der Waals surface area (Å²) in [5, 5.41) is 0. The van der Waals surface area contributed by atoms with Crippen molar-refractivity contribution in [3.8, 4) is 11.5 Å². The Morgan fingerprint density at radius 2 is 1.75 bits per heavy atom. The van der Waals surface area contributed by atoms with Gasteiger partial charge in [0.2, 0.25) is 11.8 Å². The van der Waals surface area contributed by atoms with Crippen LogP contribution in [0.1, 0.15) is 45.9 Å². The van der Waals surface area contributed by atoms with Crippen molar-refractivity contribution < 1.29 is 23.5 Å². The van der Waals surface area contributed by atoms with Crippen molar-refractivity contribution in [3.05, 3.63) is 47.9 Å². The van der Waals surface area contributed by atoms with Gasteiger partial charge in [-0.3, -0.25) is 9.59 Å². The minimum Gasteiger partial charge on any atom is -0.493 e. The summed E-state index contributed by atoms with van der Waals surface area (Å²) in [6.45, 7) is 10.4. The number of hydrogen-bond donors (Lipinski definition) is 0. The third kappa shape index (κ3) is 6.77. The zero-order valence-electron chi connectivity index (χ0n) is 20.3. The molecule has 0 fully saturated rings. The topological polar surface area (TPSA) is 72.2 Å². The van der Waals surface area contributed by atoms with E-state index in [4.69, 9.17) is 13.9 Å². The summed E-state index contributed by atoms with van der Waals surface area (Å²) in [4.78, 5) is 29.5. The van der Waals surface area contributed by atoms with Gasteiger partial charge < -0.3 is 23.7 Å². The lowest BCUT2D eigenvalue weighted by atomic mass is 10.0. The Morgan fingerprint density at radius 3 is 2.28 bits per heavy atom. The maximum atomic E-state index is 13.3. The van der Waals surface area contributed by atoms with Crippen LogP contribution in [-0.2, 0) is 22.6 Å². The zero-order chi connectivity index (χ0) is 23.9. The lowest BCUT2D eigenvalue weighted by Gasteiger charge is -2.37. The van der Waals surface area contributed by atoms with Gasteiger partial charge in [0.15, 0.2) is 11.5 Å². The summed E-state index contributed by atoms with van der Waals surface area (Å²) < 4.78 is 16.2. The Bertz CT molecular complexity index is 884. The van der Waals surface area contributed by atoms with E-state index < -0.39 is 5.54 Å². The van der Waals surface area contributed by atoms with Gasteiger partial charge in [0.25, 0.3) is 0 Å². The van der Waals surface area contributed by atoms with E-state index in [1.54, 1.807) is 36.3 Å². The van der Waals surface area contributed by atoms with Gasteiger partial charge in [0.05, 0.1) is 27.0 Å². The first-order chi connectivity index (χ1) is 15.1. The first-order valence-corrected chi connectivity index (χ1v) is 10.9. The Kier molecular flexibility index (Phi) is 8.75. The molecule has 32 heavy (non-hydrogen) atoms. The minimum absolute atomic E-state index is 0.0210. The second-order valence-corrected chi connectivity index (χ2v) is 9.08. The largest absolute Gasteiger partial charge is 0.493 e. The fourth-order valence-corrected chi connectivity index (χ4v) is 3.38. The molecule has 7 nitrogen and oxygen atoms in total. The van der Waals surface area contributed by atoms with Crippen LogP contribution in [0.25, 0.3) is 0 Å². The molecule has 176 valence electrons. The number of carbonyl (C=O) groups excluding carboxylic acids is 2. The van der Waals surface area contributed by atoms with E-state index >= 15 is 0 Å². The molecule has 1 aromatic carbocycles. The van der Waals surface area contributed by atoms with Crippen molar-refractivity contribution >= 4 is 11.8 Å². The van der Waals surface area contributed by atoms with E-state index in [9.17, 15) is 9.59 Å². The molecule has 0 N–H and O–H groups in total. The number of ether oxygens (including phenoxy) is 2. The van der Waals surface area contributed by atoms with Gasteiger partial charge in [-0.1, -0.05) is 19.9 Å². The molecule has 0 saturated heterocycles. The summed E-state index contributed by atoms with van der Waals surface area (Å²) >= 11 is 0. The normalized spacial score (nSPS) is 11.4. The second-order valence-electron chi connectivity index (χ2n) is 9.08. The van der Waals surface area contributed by atoms with Crippen molar-refractivity contribution in [1.82, 2.24) is 9.80 Å². The fraction of sp³-hybridized carbons (Fsp3) is 0.520. The molecular weight excluding hydrogens is 408 g/mol. The molecular formula is C25H36N2O5. The predicted molar refractivity (Wildman–Crippen MR) is 124 cm³/mol. The monoisotopic (exact) mass is 444 g/mol. The number of carbonyl (C=O) groups is 2. The third-order valence-corrected chi connectivity index (χ3v) is 5.26. The highest BCUT2D eigenvalue weighted by molar-refractivity contribution is 5.86. The molecule has 0 saturated carbocycles. The molecule has 0 aliphatic rings. The van der Waals surface area contributed by atoms with Crippen molar-refractivity contribution in [2.24, 2.45) is 5.92 Å². The second kappa shape index (κ2) is 11.1. The van der Waals surface area contributed by atoms with E-state index in [0.717, 1.165) is 5.56 Å². The average molecular weight is 445 g/mol. The predicted octanol–water partition coefficient (Wildman–Crippen LogP) is 4.15. The first-order valence-electron chi connectivity index (χ1n) is 10.9. The van der Waals surface area contributed by atoms with Crippen molar-refractivity contribution in [2.75, 3.05) is 27.3 Å². The van der Waals surface area contributed by atoms with Crippen LogP contribution in [0.4, 0.5) is 0 Å². The van der Waals surface area contributed by atoms with Crippen LogP contribution in [0.5, 0.6) is 11.5 Å². The molecule has 7 heteroatoms. The van der Waals surface area contributed by atoms with Crippen LogP contribution in [0.3, 0.4) is 0 Å². The van der Waals surface area contributed by atoms with Crippen molar-refractivity contribution in [1.29, 1.82) is 0 Å². The van der Waals surface area contributed by atoms with Gasteiger partial charge in [0, 0.05) is 18.0 Å². The summed E-state index contributed by atoms with van der Waals surface area (Å²) in [6.07, 6.45) is 2.22. The van der Waals surface area contributed by atoms with E-state index in [2.05, 4.69) is 0 Å². The molecule has 2 rings (SSSR count). The molecule has 0 aliphatic carbocycles. The van der Waals surface area contributed by atoms with Crippen LogP contribution in [0.15, 0.2) is 41.0 Å². The van der Waals surface area contributed by atoms with Crippen LogP contribution in [-0.4, -0.2) is 54.5 Å². The molecule has 2 aromatic rings. The minimum atomic E-state index is -0.462. The van der Waals surface area contributed by atoms with Crippen LogP contribution >= 0.6 is 0 Å². The molecule has 0 unspecified atom stereocenters. The Hall–Kier alpha value is -2.96. The van der Waals surface area contributed by atoms with Gasteiger partial charge in [-0.2, -0.15) is 0 Å². The highest BCUT2D eigenvalue weighted by Gasteiger charge is 2.31. The summed E-state index contributed by atoms with van der Waals surface area (Å²) in [5.74, 6) is 1.66. The maximum Gasteiger partial charge on any atom is 0.242 e. The molecule has 0 radical (unpaired) electrons. The van der Waals surface area contributed by atoms with E-state index in [-0.39, 0.29) is 24.3 Å². The average Bonchev–Trinajstić information content (AvgIpc) is 3.26. The van der Waals surface area contributed by atoms with Crippen LogP contribution < -0.4 is 9.47 Å². The maximum absolute atomic E-state index is 13.3. The van der Waals surface area contributed by atoms with E-state index in [1.165, 1.54) is 0 Å². The number of furan rings is 1. The molecule has 1 heterocycles. The smallest absolute Gasteiger partial charge is 0.242 e. The number of methoxy groups -OCH3 is 2. The highest BCUT2D eigenvalue weighted by atomic mass is 16.5. The molecule has 1 aromatic heterocycles. The SMILES string of the molecule is COc1ccc(CCN(Cc2ccco2)C(=O)CN(C(=O)C(C)C)C(C)(C)C)cc1OC. The van der Waals surface area contributed by atoms with E-state index in [1.807, 2.05) is 58.9 Å². The lowest BCUT2D eigenvalue weighted by Crippen LogP contribution is -2.52. The molecule has 0 spiro atoms. The number of benzene rings is 1. The summed E-state index contributed by atoms with van der Waals surface area (Å²) in [6, 6.07) is 9.38. The molecule has 2 amide bonds. The van der Waals surface area contributed by atoms with E-state index in [0.29, 0.717) is 36.8 Å². The first kappa shape index (κ1) is 25.3. The van der Waals surface area contributed by atoms with Crippen molar-refractivity contribution in [2.45, 2.75) is 53.1 Å². The third-order valence-electron chi connectivity index (χ3n) is 5.26. The molecule has 0 bridgehead atoms. The Balaban J connectivity index is 2.20. The van der Waals surface area contributed by atoms with Gasteiger partial charge in [-0.25, -0.2) is 0 Å². The summed E-state index contributed by atoms with van der Waals surface area (Å²) in [5.41, 5.74) is 0.558. The van der Waals surface area contributed by atoms with Gasteiger partial charge in [-0.15, -0.1) is 0 Å². The van der Waals surface area contributed by atoms with Gasteiger partial charge >= 0.3 is 0 Å². The van der Waals surface area contributed by atoms with Crippen LogP contribution in [0.2, 0.25) is 0 Å². The molecule has 0 aliphatic heterocycles. The molecule has 0 atom stereocenters. The van der Waals surface area contributed by atoms with Crippen molar-refractivity contribution in [3.63, 3.8) is 0 Å². The fourth-order valence-electron chi connectivity index (χ4n) is 3.38. The Morgan fingerprint density at radius 1 is 1.06 bits per heavy atom. The highest BCUT2D eigenvalue weighted by Crippen LogP contribution is 2.28. The Labute approximate surface area is 191 Å². The van der Waals surface area contributed by atoms with Crippen LogP contribution in [0, 0.1) is 5.92 Å². The van der Waals surface area contributed by atoms with Gasteiger partial charge in [0.1, 0.15) is 12.3 Å². The zero-order valence-corrected chi connectivity index (χ0v) is 20.3. The number of hydrogen-bond acceptors (Lipinski definition) is 5. The number of nitrogens with zero attached hydrogens (tertiary/aromatic N) is 2. The standard InChI is InChI=1S/C25H36N2O5/c1-18(2)24(29)27(25(3,4)5)17-23(28)26(16-20-9-8-14-32-20)13-12-19-10-11-21(30-6)22(15-19)31-7/h8-11,14-15,18H,12-13,16-17H2,1-7H3. The quantitative estimate of drug-likeness (QED) is 0.550. The van der Waals surface area contributed by atoms with Gasteiger partial charge in [-0.05, 0) is 57.0 Å².